The molecule has 0 atom stereocenters. The van der Waals surface area contributed by atoms with Crippen molar-refractivity contribution < 1.29 is 38.1 Å². The molecule has 0 saturated carbocycles. The van der Waals surface area contributed by atoms with Crippen molar-refractivity contribution in [1.82, 2.24) is 4.90 Å². The van der Waals surface area contributed by atoms with Crippen molar-refractivity contribution in [2.24, 2.45) is 0 Å². The Bertz CT molecular complexity index is 1280. The lowest BCUT2D eigenvalue weighted by atomic mass is 10.1. The summed E-state index contributed by atoms with van der Waals surface area (Å²) in [6, 6.07) is 5.43. The van der Waals surface area contributed by atoms with Crippen molar-refractivity contribution in [3.63, 3.8) is 0 Å². The van der Waals surface area contributed by atoms with Gasteiger partial charge in [0.25, 0.3) is 0 Å². The summed E-state index contributed by atoms with van der Waals surface area (Å²) in [5.74, 6) is 0.482. The first-order valence-electron chi connectivity index (χ1n) is 24.4. The average Bonchev–Trinajstić information content (AvgIpc) is 3.25. The van der Waals surface area contributed by atoms with Gasteiger partial charge in [0.15, 0.2) is 0 Å². The van der Waals surface area contributed by atoms with Crippen molar-refractivity contribution in [2.45, 2.75) is 187 Å². The first-order valence-corrected chi connectivity index (χ1v) is 24.4. The molecule has 0 unspecified atom stereocenters. The molecular weight excluding hydrogens is 779 g/mol. The average molecular weight is 866 g/mol. The van der Waals surface area contributed by atoms with Crippen LogP contribution in [0.1, 0.15) is 186 Å². The zero-order valence-corrected chi connectivity index (χ0v) is 39.7. The number of allylic oxidation sites excluding steroid dienone is 8. The molecule has 352 valence electrons. The van der Waals surface area contributed by atoms with Crippen molar-refractivity contribution in [1.29, 1.82) is 0 Å². The van der Waals surface area contributed by atoms with Crippen LogP contribution in [0.25, 0.3) is 0 Å². The Morgan fingerprint density at radius 3 is 1.27 bits per heavy atom. The van der Waals surface area contributed by atoms with Crippen LogP contribution in [-0.4, -0.2) is 69.9 Å². The first kappa shape index (κ1) is 56.2. The van der Waals surface area contributed by atoms with Crippen LogP contribution < -0.4 is 9.47 Å². The fourth-order valence-corrected chi connectivity index (χ4v) is 6.52. The molecule has 1 aromatic carbocycles. The lowest BCUT2D eigenvalue weighted by molar-refractivity contribution is -0.146. The number of hydrogen-bond donors (Lipinski definition) is 0. The molecule has 0 amide bonds. The molecule has 0 spiro atoms. The number of likely N-dealkylation sites (N-methyl/N-ethyl adjacent to an activating group) is 1. The predicted octanol–water partition coefficient (Wildman–Crippen LogP) is 13.5. The van der Waals surface area contributed by atoms with Crippen LogP contribution in [-0.2, 0) is 35.2 Å². The summed E-state index contributed by atoms with van der Waals surface area (Å²) in [5, 5.41) is 0. The number of ether oxygens (including phenoxy) is 5. The Balaban J connectivity index is 2.27. The molecule has 62 heavy (non-hydrogen) atoms. The van der Waals surface area contributed by atoms with Crippen LogP contribution in [0.15, 0.2) is 66.8 Å². The van der Waals surface area contributed by atoms with Crippen molar-refractivity contribution >= 4 is 17.9 Å². The van der Waals surface area contributed by atoms with Gasteiger partial charge in [-0.2, -0.15) is 0 Å². The number of hydrogen-bond acceptors (Lipinski definition) is 9. The van der Waals surface area contributed by atoms with E-state index >= 15 is 0 Å². The van der Waals surface area contributed by atoms with Gasteiger partial charge in [-0.3, -0.25) is 19.3 Å². The molecule has 0 N–H and O–H groups in total. The van der Waals surface area contributed by atoms with Crippen LogP contribution in [0.4, 0.5) is 0 Å². The quantitative estimate of drug-likeness (QED) is 0.0275. The third-order valence-electron chi connectivity index (χ3n) is 10.1. The van der Waals surface area contributed by atoms with E-state index in [1.807, 2.05) is 26.2 Å². The van der Waals surface area contributed by atoms with E-state index in [0.29, 0.717) is 63.6 Å². The Labute approximate surface area is 378 Å². The summed E-state index contributed by atoms with van der Waals surface area (Å²) < 4.78 is 28.3. The third-order valence-corrected chi connectivity index (χ3v) is 10.1. The zero-order valence-electron chi connectivity index (χ0n) is 39.7. The van der Waals surface area contributed by atoms with Crippen molar-refractivity contribution in [3.8, 4) is 11.5 Å². The number of carbonyl (C=O) groups excluding carboxylic acids is 3. The molecule has 0 aliphatic carbocycles. The molecule has 0 aliphatic heterocycles. The number of benzene rings is 1. The highest BCUT2D eigenvalue weighted by Crippen LogP contribution is 2.24. The summed E-state index contributed by atoms with van der Waals surface area (Å²) >= 11 is 0. The normalized spacial score (nSPS) is 11.8. The maximum atomic E-state index is 12.3. The fourth-order valence-electron chi connectivity index (χ4n) is 6.52. The van der Waals surface area contributed by atoms with E-state index < -0.39 is 0 Å². The molecule has 1 rings (SSSR count). The molecular formula is C53H87NO8. The van der Waals surface area contributed by atoms with Gasteiger partial charge in [0.1, 0.15) is 18.1 Å². The van der Waals surface area contributed by atoms with E-state index in [1.165, 1.54) is 77.0 Å². The van der Waals surface area contributed by atoms with Crippen LogP contribution in [0, 0.1) is 0 Å². The van der Waals surface area contributed by atoms with E-state index in [0.717, 1.165) is 69.8 Å². The molecule has 0 aliphatic rings. The maximum Gasteiger partial charge on any atom is 0.320 e. The lowest BCUT2D eigenvalue weighted by Gasteiger charge is -2.14. The van der Waals surface area contributed by atoms with Crippen molar-refractivity contribution in [3.05, 3.63) is 72.4 Å². The van der Waals surface area contributed by atoms with E-state index in [4.69, 9.17) is 23.7 Å². The van der Waals surface area contributed by atoms with Gasteiger partial charge in [-0.25, -0.2) is 0 Å². The summed E-state index contributed by atoms with van der Waals surface area (Å²) in [6.45, 7) is 6.02. The van der Waals surface area contributed by atoms with Gasteiger partial charge < -0.3 is 23.7 Å². The van der Waals surface area contributed by atoms with Crippen LogP contribution in [0.3, 0.4) is 0 Å². The smallest absolute Gasteiger partial charge is 0.320 e. The molecule has 9 nitrogen and oxygen atoms in total. The second-order valence-electron chi connectivity index (χ2n) is 16.5. The highest BCUT2D eigenvalue weighted by atomic mass is 16.5. The Kier molecular flexibility index (Phi) is 38.5. The van der Waals surface area contributed by atoms with Gasteiger partial charge in [0.05, 0.1) is 33.0 Å². The molecule has 0 radical (unpaired) electrons. The molecule has 0 saturated heterocycles. The lowest BCUT2D eigenvalue weighted by Crippen LogP contribution is -2.23. The summed E-state index contributed by atoms with van der Waals surface area (Å²) in [5.41, 5.74) is 0.734. The third kappa shape index (κ3) is 37.9. The summed E-state index contributed by atoms with van der Waals surface area (Å²) in [6.07, 6.45) is 45.4. The summed E-state index contributed by atoms with van der Waals surface area (Å²) in [7, 11) is 3.62. The standard InChI is InChI=1S/C53H87NO8/c1-5-7-9-11-13-15-17-19-21-23-25-27-29-31-33-37-51(55)60-41-35-39-58-49-43-48(47-62-53(57)46-54(3)4)44-50(45-49)59-40-36-42-61-52(56)38-34-32-30-28-26-24-22-20-18-16-14-12-10-8-6-2/h13-16,19-22,43-45H,5-12,17-18,23-42,46-47H2,1-4H3. The van der Waals surface area contributed by atoms with E-state index in [-0.39, 0.29) is 31.1 Å². The monoisotopic (exact) mass is 866 g/mol. The number of carbonyl (C=O) groups is 3. The fraction of sp³-hybridized carbons (Fsp3) is 0.679. The van der Waals surface area contributed by atoms with Gasteiger partial charge in [0.2, 0.25) is 0 Å². The number of nitrogens with zero attached hydrogens (tertiary/aromatic N) is 1. The first-order chi connectivity index (χ1) is 30.3. The van der Waals surface area contributed by atoms with Gasteiger partial charge in [-0.15, -0.1) is 0 Å². The highest BCUT2D eigenvalue weighted by molar-refractivity contribution is 5.71. The van der Waals surface area contributed by atoms with Crippen molar-refractivity contribution in [2.75, 3.05) is 47.1 Å². The molecule has 0 bridgehead atoms. The van der Waals surface area contributed by atoms with E-state index in [9.17, 15) is 14.4 Å². The summed E-state index contributed by atoms with van der Waals surface area (Å²) in [4.78, 5) is 38.5. The van der Waals surface area contributed by atoms with Crippen LogP contribution >= 0.6 is 0 Å². The molecule has 1 aromatic rings. The minimum absolute atomic E-state index is 0.0812. The minimum atomic E-state index is -0.327. The predicted molar refractivity (Wildman–Crippen MR) is 256 cm³/mol. The van der Waals surface area contributed by atoms with E-state index in [1.54, 1.807) is 11.0 Å². The number of unbranched alkanes of at least 4 members (excludes halogenated alkanes) is 16. The largest absolute Gasteiger partial charge is 0.493 e. The van der Waals surface area contributed by atoms with Crippen LogP contribution in [0.2, 0.25) is 0 Å². The SMILES string of the molecule is CCCCCC=CCC=CCCCCCCCC(=O)OCCCOc1cc(COC(=O)CN(C)C)cc(OCCCOC(=O)CCCCCCCC=CCC=CCCCCC)c1. The maximum absolute atomic E-state index is 12.3. The topological polar surface area (TPSA) is 101 Å². The molecule has 0 fully saturated rings. The Morgan fingerprint density at radius 2 is 0.855 bits per heavy atom. The zero-order chi connectivity index (χ0) is 45.0. The van der Waals surface area contributed by atoms with Gasteiger partial charge in [-0.1, -0.05) is 127 Å². The molecule has 0 heterocycles. The Morgan fingerprint density at radius 1 is 0.452 bits per heavy atom. The highest BCUT2D eigenvalue weighted by Gasteiger charge is 2.10. The van der Waals surface area contributed by atoms with Gasteiger partial charge in [-0.05, 0) is 109 Å². The van der Waals surface area contributed by atoms with Gasteiger partial charge >= 0.3 is 17.9 Å². The van der Waals surface area contributed by atoms with Gasteiger partial charge in [0, 0.05) is 31.7 Å². The number of esters is 3. The second-order valence-corrected chi connectivity index (χ2v) is 16.5. The molecule has 0 aromatic heterocycles. The molecule has 9 heteroatoms. The Hall–Kier alpha value is -3.85. The van der Waals surface area contributed by atoms with Crippen LogP contribution in [0.5, 0.6) is 11.5 Å². The minimum Gasteiger partial charge on any atom is -0.493 e. The second kappa shape index (κ2) is 42.5. The number of rotatable bonds is 42. The van der Waals surface area contributed by atoms with E-state index in [2.05, 4.69) is 62.5 Å².